The number of hydrogen-bond donors (Lipinski definition) is 0. The number of carbonyl (C=O) groups excluding carboxylic acids is 1. The largest absolute Gasteiger partial charge is 0.494 e. The summed E-state index contributed by atoms with van der Waals surface area (Å²) in [6.45, 7) is 7.51. The van der Waals surface area contributed by atoms with E-state index in [0.717, 1.165) is 30.4 Å². The van der Waals surface area contributed by atoms with E-state index in [-0.39, 0.29) is 5.97 Å². The Bertz CT molecular complexity index is 786. The summed E-state index contributed by atoms with van der Waals surface area (Å²) in [5, 5.41) is 0. The molecule has 3 heteroatoms. The van der Waals surface area contributed by atoms with Crippen LogP contribution in [-0.2, 0) is 0 Å². The van der Waals surface area contributed by atoms with Crippen LogP contribution in [0.3, 0.4) is 0 Å². The maximum atomic E-state index is 12.5. The second kappa shape index (κ2) is 11.9. The van der Waals surface area contributed by atoms with E-state index in [2.05, 4.69) is 32.9 Å². The minimum atomic E-state index is -0.316. The molecule has 1 unspecified atom stereocenters. The SMILES string of the molecule is CCCCOc1ccc(OC(=O)c2ccc(C3CCC(CC(C)CC)CC3)cc2)cc1. The Hall–Kier alpha value is -2.29. The smallest absolute Gasteiger partial charge is 0.343 e. The van der Waals surface area contributed by atoms with Crippen molar-refractivity contribution >= 4 is 5.97 Å². The predicted molar refractivity (Wildman–Crippen MR) is 127 cm³/mol. The molecule has 0 heterocycles. The fourth-order valence-electron chi connectivity index (χ4n) is 4.46. The van der Waals surface area contributed by atoms with Crippen LogP contribution in [0.5, 0.6) is 11.5 Å². The van der Waals surface area contributed by atoms with Gasteiger partial charge >= 0.3 is 5.97 Å². The maximum absolute atomic E-state index is 12.5. The van der Waals surface area contributed by atoms with Gasteiger partial charge in [-0.2, -0.15) is 0 Å². The first-order chi connectivity index (χ1) is 15.1. The number of carbonyl (C=O) groups is 1. The van der Waals surface area contributed by atoms with Gasteiger partial charge < -0.3 is 9.47 Å². The summed E-state index contributed by atoms with van der Waals surface area (Å²) in [7, 11) is 0. The average Bonchev–Trinajstić information content (AvgIpc) is 2.81. The molecule has 0 spiro atoms. The highest BCUT2D eigenvalue weighted by Gasteiger charge is 2.23. The highest BCUT2D eigenvalue weighted by atomic mass is 16.5. The third kappa shape index (κ3) is 7.12. The van der Waals surface area contributed by atoms with Gasteiger partial charge in [-0.15, -0.1) is 0 Å². The molecule has 0 saturated heterocycles. The van der Waals surface area contributed by atoms with E-state index in [4.69, 9.17) is 9.47 Å². The normalized spacial score (nSPS) is 19.6. The second-order valence-electron chi connectivity index (χ2n) is 9.15. The molecule has 168 valence electrons. The van der Waals surface area contributed by atoms with Crippen LogP contribution in [-0.4, -0.2) is 12.6 Å². The van der Waals surface area contributed by atoms with Crippen LogP contribution >= 0.6 is 0 Å². The molecular formula is C28H38O3. The van der Waals surface area contributed by atoms with Gasteiger partial charge in [-0.3, -0.25) is 0 Å². The molecule has 3 rings (SSSR count). The molecule has 31 heavy (non-hydrogen) atoms. The van der Waals surface area contributed by atoms with Crippen molar-refractivity contribution < 1.29 is 14.3 Å². The molecule has 3 nitrogen and oxygen atoms in total. The van der Waals surface area contributed by atoms with Gasteiger partial charge in [0.1, 0.15) is 11.5 Å². The third-order valence-corrected chi connectivity index (χ3v) is 6.70. The lowest BCUT2D eigenvalue weighted by Gasteiger charge is -2.30. The van der Waals surface area contributed by atoms with Crippen molar-refractivity contribution in [3.8, 4) is 11.5 Å². The predicted octanol–water partition coefficient (Wildman–Crippen LogP) is 7.79. The van der Waals surface area contributed by atoms with E-state index < -0.39 is 0 Å². The molecule has 0 N–H and O–H groups in total. The Kier molecular flexibility index (Phi) is 8.99. The zero-order chi connectivity index (χ0) is 22.1. The van der Waals surface area contributed by atoms with Crippen LogP contribution in [0, 0.1) is 11.8 Å². The first kappa shape index (κ1) is 23.4. The van der Waals surface area contributed by atoms with Crippen LogP contribution in [0.4, 0.5) is 0 Å². The Morgan fingerprint density at radius 2 is 1.58 bits per heavy atom. The van der Waals surface area contributed by atoms with Crippen LogP contribution in [0.25, 0.3) is 0 Å². The molecule has 0 radical (unpaired) electrons. The summed E-state index contributed by atoms with van der Waals surface area (Å²) in [4.78, 5) is 12.5. The summed E-state index contributed by atoms with van der Waals surface area (Å²) >= 11 is 0. The highest BCUT2D eigenvalue weighted by Crippen LogP contribution is 2.38. The molecule has 1 atom stereocenters. The number of hydrogen-bond acceptors (Lipinski definition) is 3. The van der Waals surface area contributed by atoms with Crippen molar-refractivity contribution in [1.29, 1.82) is 0 Å². The number of rotatable bonds is 10. The van der Waals surface area contributed by atoms with Gasteiger partial charge in [-0.1, -0.05) is 45.7 Å². The lowest BCUT2D eigenvalue weighted by Crippen LogP contribution is -2.16. The minimum Gasteiger partial charge on any atom is -0.494 e. The molecule has 1 fully saturated rings. The number of ether oxygens (including phenoxy) is 2. The average molecular weight is 423 g/mol. The summed E-state index contributed by atoms with van der Waals surface area (Å²) in [6, 6.07) is 15.3. The topological polar surface area (TPSA) is 35.5 Å². The lowest BCUT2D eigenvalue weighted by molar-refractivity contribution is 0.0734. The van der Waals surface area contributed by atoms with Crippen LogP contribution in [0.15, 0.2) is 48.5 Å². The molecule has 0 aliphatic heterocycles. The Morgan fingerprint density at radius 3 is 2.19 bits per heavy atom. The van der Waals surface area contributed by atoms with E-state index in [1.807, 2.05) is 24.3 Å². The van der Waals surface area contributed by atoms with Crippen molar-refractivity contribution in [2.45, 2.75) is 78.1 Å². The van der Waals surface area contributed by atoms with Crippen LogP contribution in [0.1, 0.15) is 94.0 Å². The van der Waals surface area contributed by atoms with E-state index in [9.17, 15) is 4.79 Å². The minimum absolute atomic E-state index is 0.316. The van der Waals surface area contributed by atoms with Crippen molar-refractivity contribution in [1.82, 2.24) is 0 Å². The van der Waals surface area contributed by atoms with E-state index in [1.165, 1.54) is 44.1 Å². The van der Waals surface area contributed by atoms with Gasteiger partial charge in [0.15, 0.2) is 0 Å². The van der Waals surface area contributed by atoms with Crippen molar-refractivity contribution in [2.75, 3.05) is 6.61 Å². The van der Waals surface area contributed by atoms with Gasteiger partial charge in [0.05, 0.1) is 12.2 Å². The monoisotopic (exact) mass is 422 g/mol. The quantitative estimate of drug-likeness (QED) is 0.223. The number of unbranched alkanes of at least 4 members (excludes halogenated alkanes) is 1. The first-order valence-electron chi connectivity index (χ1n) is 12.1. The van der Waals surface area contributed by atoms with Gasteiger partial charge in [0.25, 0.3) is 0 Å². The lowest BCUT2D eigenvalue weighted by atomic mass is 9.75. The summed E-state index contributed by atoms with van der Waals surface area (Å²) < 4.78 is 11.2. The van der Waals surface area contributed by atoms with Crippen molar-refractivity contribution in [3.05, 3.63) is 59.7 Å². The summed E-state index contributed by atoms with van der Waals surface area (Å²) in [5.41, 5.74) is 1.95. The maximum Gasteiger partial charge on any atom is 0.343 e. The molecule has 1 aliphatic carbocycles. The number of esters is 1. The standard InChI is InChI=1S/C28H38O3/c1-4-6-19-30-26-15-17-27(18-16-26)31-28(29)25-13-11-24(12-14-25)23-9-7-22(8-10-23)20-21(3)5-2/h11-18,21-23H,4-10,19-20H2,1-3H3. The zero-order valence-corrected chi connectivity index (χ0v) is 19.4. The van der Waals surface area contributed by atoms with Crippen LogP contribution in [0.2, 0.25) is 0 Å². The Morgan fingerprint density at radius 1 is 0.935 bits per heavy atom. The molecule has 2 aromatic rings. The zero-order valence-electron chi connectivity index (χ0n) is 19.4. The first-order valence-corrected chi connectivity index (χ1v) is 12.1. The Balaban J connectivity index is 1.49. The van der Waals surface area contributed by atoms with Gasteiger partial charge in [0, 0.05) is 0 Å². The van der Waals surface area contributed by atoms with Crippen LogP contribution < -0.4 is 9.47 Å². The van der Waals surface area contributed by atoms with Crippen molar-refractivity contribution in [3.63, 3.8) is 0 Å². The van der Waals surface area contributed by atoms with Gasteiger partial charge in [-0.05, 0) is 98.2 Å². The fraction of sp³-hybridized carbons (Fsp3) is 0.536. The summed E-state index contributed by atoms with van der Waals surface area (Å²) in [5.74, 6) is 3.38. The second-order valence-corrected chi connectivity index (χ2v) is 9.15. The van der Waals surface area contributed by atoms with Gasteiger partial charge in [-0.25, -0.2) is 4.79 Å². The molecule has 2 aromatic carbocycles. The van der Waals surface area contributed by atoms with E-state index in [0.29, 0.717) is 23.8 Å². The molecule has 1 saturated carbocycles. The van der Waals surface area contributed by atoms with Crippen molar-refractivity contribution in [2.24, 2.45) is 11.8 Å². The Labute approximate surface area is 188 Å². The molecular weight excluding hydrogens is 384 g/mol. The fourth-order valence-corrected chi connectivity index (χ4v) is 4.46. The van der Waals surface area contributed by atoms with E-state index >= 15 is 0 Å². The van der Waals surface area contributed by atoms with E-state index in [1.54, 1.807) is 12.1 Å². The molecule has 1 aliphatic rings. The third-order valence-electron chi connectivity index (χ3n) is 6.70. The number of benzene rings is 2. The van der Waals surface area contributed by atoms with Gasteiger partial charge in [0.2, 0.25) is 0 Å². The molecule has 0 bridgehead atoms. The molecule has 0 amide bonds. The highest BCUT2D eigenvalue weighted by molar-refractivity contribution is 5.91. The molecule has 0 aromatic heterocycles. The summed E-state index contributed by atoms with van der Waals surface area (Å²) in [6.07, 6.45) is 9.98.